The lowest BCUT2D eigenvalue weighted by atomic mass is 10.1. The summed E-state index contributed by atoms with van der Waals surface area (Å²) < 4.78 is 13.2. The molecular weight excluding hydrogens is 209 g/mol. The number of nitrogens with zero attached hydrogens (tertiary/aromatic N) is 1. The molecule has 0 aliphatic carbocycles. The molecule has 0 spiro atoms. The fraction of sp³-hybridized carbons (Fsp3) is 0.250. The summed E-state index contributed by atoms with van der Waals surface area (Å²) in [4.78, 5) is 5.52. The number of hydrogen-bond donors (Lipinski definition) is 0. The summed E-state index contributed by atoms with van der Waals surface area (Å²) in [6, 6.07) is 5.02. The molecule has 0 aliphatic rings. The quantitative estimate of drug-likeness (QED) is 0.751. The summed E-state index contributed by atoms with van der Waals surface area (Å²) in [5.74, 6) is -0.196. The van der Waals surface area contributed by atoms with Crippen LogP contribution in [0.25, 0.3) is 10.6 Å². The number of benzene rings is 1. The number of aryl methyl sites for hydroxylation is 2. The Bertz CT molecular complexity index is 456. The van der Waals surface area contributed by atoms with Crippen LogP contribution in [0.15, 0.2) is 24.4 Å². The van der Waals surface area contributed by atoms with Gasteiger partial charge in [0, 0.05) is 16.6 Å². The smallest absolute Gasteiger partial charge is 0.124 e. The molecule has 0 radical (unpaired) electrons. The monoisotopic (exact) mass is 221 g/mol. The second-order valence-corrected chi connectivity index (χ2v) is 4.62. The largest absolute Gasteiger partial charge is 0.244 e. The van der Waals surface area contributed by atoms with Gasteiger partial charge < -0.3 is 0 Å². The highest BCUT2D eigenvalue weighted by Gasteiger charge is 2.05. The molecular formula is C12H12FNS. The number of rotatable bonds is 2. The summed E-state index contributed by atoms with van der Waals surface area (Å²) >= 11 is 1.63. The van der Waals surface area contributed by atoms with Crippen LogP contribution in [0.4, 0.5) is 4.39 Å². The maximum Gasteiger partial charge on any atom is 0.124 e. The van der Waals surface area contributed by atoms with E-state index in [1.807, 2.05) is 19.2 Å². The maximum absolute atomic E-state index is 13.2. The second kappa shape index (κ2) is 4.11. The SMILES string of the molecule is CCc1cnc(-c2cc(C)cc(F)c2)s1. The van der Waals surface area contributed by atoms with Gasteiger partial charge in [0.05, 0.1) is 0 Å². The third-order valence-electron chi connectivity index (χ3n) is 2.19. The van der Waals surface area contributed by atoms with Gasteiger partial charge in [-0.1, -0.05) is 6.92 Å². The first-order valence-electron chi connectivity index (χ1n) is 4.91. The average molecular weight is 221 g/mol. The molecule has 0 saturated heterocycles. The molecule has 1 aromatic heterocycles. The Balaban J connectivity index is 2.44. The highest BCUT2D eigenvalue weighted by Crippen LogP contribution is 2.26. The predicted octanol–water partition coefficient (Wildman–Crippen LogP) is 3.82. The Hall–Kier alpha value is -1.22. The fourth-order valence-corrected chi connectivity index (χ4v) is 2.30. The summed E-state index contributed by atoms with van der Waals surface area (Å²) in [7, 11) is 0. The Kier molecular flexibility index (Phi) is 2.82. The fourth-order valence-electron chi connectivity index (χ4n) is 1.46. The Morgan fingerprint density at radius 1 is 1.33 bits per heavy atom. The third-order valence-corrected chi connectivity index (χ3v) is 3.38. The van der Waals surface area contributed by atoms with Crippen LogP contribution < -0.4 is 0 Å². The van der Waals surface area contributed by atoms with Crippen LogP contribution in [0.3, 0.4) is 0 Å². The minimum atomic E-state index is -0.196. The van der Waals surface area contributed by atoms with Crippen molar-refractivity contribution in [2.24, 2.45) is 0 Å². The van der Waals surface area contributed by atoms with Crippen molar-refractivity contribution in [3.63, 3.8) is 0 Å². The molecule has 78 valence electrons. The van der Waals surface area contributed by atoms with Crippen LogP contribution >= 0.6 is 11.3 Å². The number of halogens is 1. The van der Waals surface area contributed by atoms with E-state index in [-0.39, 0.29) is 5.82 Å². The topological polar surface area (TPSA) is 12.9 Å². The van der Waals surface area contributed by atoms with Crippen molar-refractivity contribution >= 4 is 11.3 Å². The van der Waals surface area contributed by atoms with E-state index < -0.39 is 0 Å². The van der Waals surface area contributed by atoms with E-state index in [0.29, 0.717) is 0 Å². The van der Waals surface area contributed by atoms with Crippen molar-refractivity contribution in [1.82, 2.24) is 4.98 Å². The summed E-state index contributed by atoms with van der Waals surface area (Å²) in [5.41, 5.74) is 1.80. The zero-order valence-electron chi connectivity index (χ0n) is 8.75. The Labute approximate surface area is 92.6 Å². The number of aromatic nitrogens is 1. The Morgan fingerprint density at radius 3 is 2.73 bits per heavy atom. The predicted molar refractivity (Wildman–Crippen MR) is 61.6 cm³/mol. The van der Waals surface area contributed by atoms with E-state index in [1.54, 1.807) is 11.3 Å². The minimum Gasteiger partial charge on any atom is -0.244 e. The summed E-state index contributed by atoms with van der Waals surface area (Å²) in [5, 5.41) is 0.898. The van der Waals surface area contributed by atoms with E-state index in [4.69, 9.17) is 0 Å². The molecule has 1 heterocycles. The van der Waals surface area contributed by atoms with Gasteiger partial charge >= 0.3 is 0 Å². The molecule has 2 aromatic rings. The molecule has 0 N–H and O–H groups in total. The normalized spacial score (nSPS) is 10.6. The van der Waals surface area contributed by atoms with E-state index in [0.717, 1.165) is 22.6 Å². The van der Waals surface area contributed by atoms with Crippen LogP contribution in [0.5, 0.6) is 0 Å². The van der Waals surface area contributed by atoms with Crippen molar-refractivity contribution in [2.45, 2.75) is 20.3 Å². The van der Waals surface area contributed by atoms with Crippen molar-refractivity contribution in [3.05, 3.63) is 40.7 Å². The lowest BCUT2D eigenvalue weighted by Crippen LogP contribution is -1.81. The van der Waals surface area contributed by atoms with E-state index >= 15 is 0 Å². The first kappa shape index (κ1) is 10.3. The lowest BCUT2D eigenvalue weighted by molar-refractivity contribution is 0.627. The van der Waals surface area contributed by atoms with Gasteiger partial charge in [-0.15, -0.1) is 11.3 Å². The molecule has 0 aliphatic heterocycles. The van der Waals surface area contributed by atoms with Gasteiger partial charge in [0.2, 0.25) is 0 Å². The van der Waals surface area contributed by atoms with Gasteiger partial charge in [-0.05, 0) is 37.1 Å². The molecule has 0 amide bonds. The van der Waals surface area contributed by atoms with Gasteiger partial charge in [0.25, 0.3) is 0 Å². The molecule has 0 bridgehead atoms. The van der Waals surface area contributed by atoms with Crippen molar-refractivity contribution in [1.29, 1.82) is 0 Å². The lowest BCUT2D eigenvalue weighted by Gasteiger charge is -1.98. The highest BCUT2D eigenvalue weighted by molar-refractivity contribution is 7.15. The van der Waals surface area contributed by atoms with Crippen LogP contribution in [0.2, 0.25) is 0 Å². The second-order valence-electron chi connectivity index (χ2n) is 3.50. The first-order chi connectivity index (χ1) is 7.19. The molecule has 1 aromatic carbocycles. The number of hydrogen-bond acceptors (Lipinski definition) is 2. The molecule has 2 rings (SSSR count). The van der Waals surface area contributed by atoms with E-state index in [9.17, 15) is 4.39 Å². The summed E-state index contributed by atoms with van der Waals surface area (Å²) in [6.07, 6.45) is 2.84. The molecule has 0 fully saturated rings. The molecule has 0 atom stereocenters. The average Bonchev–Trinajstić information content (AvgIpc) is 2.64. The zero-order chi connectivity index (χ0) is 10.8. The molecule has 3 heteroatoms. The summed E-state index contributed by atoms with van der Waals surface area (Å²) in [6.45, 7) is 3.98. The first-order valence-corrected chi connectivity index (χ1v) is 5.73. The van der Waals surface area contributed by atoms with Crippen LogP contribution in [-0.4, -0.2) is 4.98 Å². The van der Waals surface area contributed by atoms with Gasteiger partial charge in [0.1, 0.15) is 10.8 Å². The van der Waals surface area contributed by atoms with Crippen molar-refractivity contribution in [2.75, 3.05) is 0 Å². The highest BCUT2D eigenvalue weighted by atomic mass is 32.1. The van der Waals surface area contributed by atoms with Gasteiger partial charge in [0.15, 0.2) is 0 Å². The van der Waals surface area contributed by atoms with Crippen LogP contribution in [0, 0.1) is 12.7 Å². The zero-order valence-corrected chi connectivity index (χ0v) is 9.57. The van der Waals surface area contributed by atoms with Gasteiger partial charge in [-0.3, -0.25) is 0 Å². The van der Waals surface area contributed by atoms with E-state index in [1.165, 1.54) is 17.0 Å². The van der Waals surface area contributed by atoms with Crippen LogP contribution in [-0.2, 0) is 6.42 Å². The Morgan fingerprint density at radius 2 is 2.13 bits per heavy atom. The molecule has 15 heavy (non-hydrogen) atoms. The van der Waals surface area contributed by atoms with Crippen LogP contribution in [0.1, 0.15) is 17.4 Å². The van der Waals surface area contributed by atoms with Crippen molar-refractivity contribution < 1.29 is 4.39 Å². The minimum absolute atomic E-state index is 0.196. The number of thiazole rings is 1. The maximum atomic E-state index is 13.2. The molecule has 0 unspecified atom stereocenters. The molecule has 0 saturated carbocycles. The van der Waals surface area contributed by atoms with Crippen molar-refractivity contribution in [3.8, 4) is 10.6 Å². The standard InChI is InChI=1S/C12H12FNS/c1-3-11-7-14-12(15-11)9-4-8(2)5-10(13)6-9/h4-7H,3H2,1-2H3. The van der Waals surface area contributed by atoms with Gasteiger partial charge in [-0.25, -0.2) is 9.37 Å². The van der Waals surface area contributed by atoms with E-state index in [2.05, 4.69) is 11.9 Å². The third kappa shape index (κ3) is 2.23. The van der Waals surface area contributed by atoms with Gasteiger partial charge in [-0.2, -0.15) is 0 Å². The molecule has 1 nitrogen and oxygen atoms in total.